The molecule has 1 rings (SSSR count). The molecule has 1 aliphatic heterocycles. The minimum Gasteiger partial charge on any atom is -0.394 e. The lowest BCUT2D eigenvalue weighted by Crippen LogP contribution is -2.56. The van der Waals surface area contributed by atoms with Crippen LogP contribution in [0.25, 0.3) is 0 Å². The molecule has 7 heteroatoms. The van der Waals surface area contributed by atoms with Crippen LogP contribution in [-0.4, -0.2) is 68.6 Å². The number of carbonyl (C=O) groups is 1. The number of hydrogen-bond acceptors (Lipinski definition) is 7. The zero-order valence-corrected chi connectivity index (χ0v) is 9.43. The van der Waals surface area contributed by atoms with Gasteiger partial charge in [-0.15, -0.1) is 0 Å². The van der Waals surface area contributed by atoms with Gasteiger partial charge in [0.1, 0.15) is 18.3 Å². The lowest BCUT2D eigenvalue weighted by atomic mass is 9.86. The van der Waals surface area contributed by atoms with Gasteiger partial charge in [0.15, 0.2) is 12.1 Å². The Labute approximate surface area is 98.3 Å². The first-order valence-electron chi connectivity index (χ1n) is 5.39. The van der Waals surface area contributed by atoms with E-state index in [1.165, 1.54) is 6.92 Å². The molecular weight excluding hydrogens is 232 g/mol. The molecule has 0 radical (unpaired) electrons. The van der Waals surface area contributed by atoms with Crippen molar-refractivity contribution in [2.24, 2.45) is 5.92 Å². The number of ketones is 1. The normalized spacial score (nSPS) is 40.0. The van der Waals surface area contributed by atoms with Gasteiger partial charge >= 0.3 is 0 Å². The third-order valence-electron chi connectivity index (χ3n) is 2.93. The van der Waals surface area contributed by atoms with Gasteiger partial charge in [0.25, 0.3) is 0 Å². The second kappa shape index (κ2) is 5.85. The van der Waals surface area contributed by atoms with Crippen LogP contribution < -0.4 is 0 Å². The van der Waals surface area contributed by atoms with Crippen molar-refractivity contribution < 1.29 is 35.1 Å². The summed E-state index contributed by atoms with van der Waals surface area (Å²) in [7, 11) is 0. The van der Waals surface area contributed by atoms with Crippen LogP contribution in [0.1, 0.15) is 13.3 Å². The van der Waals surface area contributed by atoms with Gasteiger partial charge in [-0.05, 0) is 6.92 Å². The topological polar surface area (TPSA) is 127 Å². The van der Waals surface area contributed by atoms with Crippen molar-refractivity contribution >= 4 is 5.78 Å². The van der Waals surface area contributed by atoms with E-state index in [0.717, 1.165) is 0 Å². The third-order valence-corrected chi connectivity index (χ3v) is 2.93. The number of aliphatic hydroxyl groups excluding tert-OH is 5. The Hall–Kier alpha value is -0.570. The van der Waals surface area contributed by atoms with E-state index in [1.807, 2.05) is 0 Å². The highest BCUT2D eigenvalue weighted by Crippen LogP contribution is 2.27. The molecule has 100 valence electrons. The minimum absolute atomic E-state index is 0.310. The van der Waals surface area contributed by atoms with Gasteiger partial charge < -0.3 is 30.3 Å². The molecule has 0 saturated carbocycles. The number of aliphatic hydroxyl groups is 5. The van der Waals surface area contributed by atoms with Crippen LogP contribution in [0.15, 0.2) is 0 Å². The van der Waals surface area contributed by atoms with Crippen molar-refractivity contribution in [3.8, 4) is 0 Å². The van der Waals surface area contributed by atoms with E-state index in [0.29, 0.717) is 0 Å². The smallest absolute Gasteiger partial charge is 0.161 e. The molecule has 0 aromatic rings. The maximum atomic E-state index is 11.3. The summed E-state index contributed by atoms with van der Waals surface area (Å²) in [4.78, 5) is 11.3. The summed E-state index contributed by atoms with van der Waals surface area (Å²) < 4.78 is 4.87. The third kappa shape index (κ3) is 3.21. The first kappa shape index (κ1) is 14.5. The second-order valence-electron chi connectivity index (χ2n) is 4.24. The highest BCUT2D eigenvalue weighted by Gasteiger charge is 2.44. The lowest BCUT2D eigenvalue weighted by molar-refractivity contribution is -0.270. The average molecular weight is 250 g/mol. The maximum Gasteiger partial charge on any atom is 0.161 e. The Kier molecular flexibility index (Phi) is 4.99. The van der Waals surface area contributed by atoms with E-state index in [2.05, 4.69) is 0 Å². The number of carbonyl (C=O) groups excluding carboxylic acids is 1. The molecule has 1 saturated heterocycles. The molecule has 0 aromatic carbocycles. The predicted octanol–water partition coefficient (Wildman–Crippen LogP) is -2.63. The fourth-order valence-electron chi connectivity index (χ4n) is 1.78. The number of rotatable bonds is 4. The zero-order chi connectivity index (χ0) is 13.2. The minimum atomic E-state index is -1.46. The van der Waals surface area contributed by atoms with Gasteiger partial charge in [-0.25, -0.2) is 0 Å². The van der Waals surface area contributed by atoms with Crippen molar-refractivity contribution in [2.45, 2.75) is 44.1 Å². The lowest BCUT2D eigenvalue weighted by Gasteiger charge is -2.40. The van der Waals surface area contributed by atoms with Gasteiger partial charge in [0, 0.05) is 12.3 Å². The van der Waals surface area contributed by atoms with Gasteiger partial charge in [0.05, 0.1) is 12.7 Å². The number of Topliss-reactive ketones (excluding diaryl/α,β-unsaturated/α-hetero) is 1. The highest BCUT2D eigenvalue weighted by atomic mass is 16.6. The zero-order valence-electron chi connectivity index (χ0n) is 9.43. The first-order valence-corrected chi connectivity index (χ1v) is 5.39. The van der Waals surface area contributed by atoms with Crippen molar-refractivity contribution in [2.75, 3.05) is 6.61 Å². The molecule has 1 fully saturated rings. The van der Waals surface area contributed by atoms with Crippen LogP contribution in [-0.2, 0) is 9.53 Å². The SMILES string of the molecule is CC(O)C(=O)CC1C(O)OC(CO)C(O)C1O. The molecule has 0 bridgehead atoms. The van der Waals surface area contributed by atoms with E-state index in [1.54, 1.807) is 0 Å². The molecule has 0 spiro atoms. The van der Waals surface area contributed by atoms with Crippen LogP contribution >= 0.6 is 0 Å². The van der Waals surface area contributed by atoms with Crippen molar-refractivity contribution in [1.82, 2.24) is 0 Å². The monoisotopic (exact) mass is 250 g/mol. The molecule has 0 aliphatic carbocycles. The molecule has 17 heavy (non-hydrogen) atoms. The molecule has 7 nitrogen and oxygen atoms in total. The predicted molar refractivity (Wildman–Crippen MR) is 54.8 cm³/mol. The van der Waals surface area contributed by atoms with E-state index >= 15 is 0 Å². The Morgan fingerprint density at radius 1 is 1.29 bits per heavy atom. The van der Waals surface area contributed by atoms with Crippen LogP contribution in [0.2, 0.25) is 0 Å². The average Bonchev–Trinajstić information content (AvgIpc) is 2.28. The Morgan fingerprint density at radius 3 is 2.35 bits per heavy atom. The molecular formula is C10H18O7. The second-order valence-corrected chi connectivity index (χ2v) is 4.24. The van der Waals surface area contributed by atoms with Gasteiger partial charge in [-0.1, -0.05) is 0 Å². The summed E-state index contributed by atoms with van der Waals surface area (Å²) in [6.07, 6.45) is -6.84. The van der Waals surface area contributed by atoms with Crippen LogP contribution in [0.5, 0.6) is 0 Å². The van der Waals surface area contributed by atoms with E-state index < -0.39 is 49.0 Å². The summed E-state index contributed by atoms with van der Waals surface area (Å²) >= 11 is 0. The quantitative estimate of drug-likeness (QED) is 0.369. The van der Waals surface area contributed by atoms with Crippen LogP contribution in [0, 0.1) is 5.92 Å². The molecule has 6 atom stereocenters. The Bertz CT molecular complexity index is 267. The molecule has 0 amide bonds. The number of ether oxygens (including phenoxy) is 1. The van der Waals surface area contributed by atoms with E-state index in [9.17, 15) is 20.1 Å². The van der Waals surface area contributed by atoms with E-state index in [-0.39, 0.29) is 6.42 Å². The number of hydrogen-bond donors (Lipinski definition) is 5. The molecule has 1 heterocycles. The Morgan fingerprint density at radius 2 is 1.88 bits per heavy atom. The summed E-state index contributed by atoms with van der Waals surface area (Å²) in [6, 6.07) is 0. The standard InChI is InChI=1S/C10H18O7/c1-4(12)6(13)2-5-8(14)9(15)7(3-11)17-10(5)16/h4-5,7-12,14-16H,2-3H2,1H3. The maximum absolute atomic E-state index is 11.3. The fourth-order valence-corrected chi connectivity index (χ4v) is 1.78. The largest absolute Gasteiger partial charge is 0.394 e. The first-order chi connectivity index (χ1) is 7.88. The van der Waals surface area contributed by atoms with Gasteiger partial charge in [0.2, 0.25) is 0 Å². The van der Waals surface area contributed by atoms with Crippen LogP contribution in [0.4, 0.5) is 0 Å². The highest BCUT2D eigenvalue weighted by molar-refractivity contribution is 5.82. The van der Waals surface area contributed by atoms with Crippen LogP contribution in [0.3, 0.4) is 0 Å². The van der Waals surface area contributed by atoms with Gasteiger partial charge in [-0.2, -0.15) is 0 Å². The van der Waals surface area contributed by atoms with Crippen molar-refractivity contribution in [3.63, 3.8) is 0 Å². The molecule has 1 aliphatic rings. The van der Waals surface area contributed by atoms with Crippen molar-refractivity contribution in [3.05, 3.63) is 0 Å². The summed E-state index contributed by atoms with van der Waals surface area (Å²) in [6.45, 7) is 0.726. The fraction of sp³-hybridized carbons (Fsp3) is 0.900. The molecule has 6 unspecified atom stereocenters. The molecule has 5 N–H and O–H groups in total. The van der Waals surface area contributed by atoms with Crippen molar-refractivity contribution in [1.29, 1.82) is 0 Å². The summed E-state index contributed by atoms with van der Waals surface area (Å²) in [5.74, 6) is -1.58. The van der Waals surface area contributed by atoms with Gasteiger partial charge in [-0.3, -0.25) is 4.79 Å². The molecule has 0 aromatic heterocycles. The summed E-state index contributed by atoms with van der Waals surface area (Å²) in [5.41, 5.74) is 0. The Balaban J connectivity index is 2.69. The summed E-state index contributed by atoms with van der Waals surface area (Å²) in [5, 5.41) is 46.7. The van der Waals surface area contributed by atoms with E-state index in [4.69, 9.17) is 14.9 Å².